The molecule has 94 valence electrons. The number of hydrogen-bond donors (Lipinski definition) is 2. The van der Waals surface area contributed by atoms with Gasteiger partial charge in [-0.1, -0.05) is 6.07 Å². The van der Waals surface area contributed by atoms with Gasteiger partial charge in [0.25, 0.3) is 0 Å². The SMILES string of the molecule is Cc1cc2cc(CNC3=NCCN3C)ccc2[nH]1. The molecule has 0 bridgehead atoms. The number of nitrogens with one attached hydrogen (secondary N) is 2. The lowest BCUT2D eigenvalue weighted by molar-refractivity contribution is 0.534. The number of guanidine groups is 1. The second-order valence-corrected chi connectivity index (χ2v) is 4.85. The summed E-state index contributed by atoms with van der Waals surface area (Å²) >= 11 is 0. The van der Waals surface area contributed by atoms with Crippen LogP contribution < -0.4 is 5.32 Å². The minimum absolute atomic E-state index is 0.823. The average Bonchev–Trinajstić information content (AvgIpc) is 2.90. The average molecular weight is 242 g/mol. The van der Waals surface area contributed by atoms with Crippen molar-refractivity contribution in [1.82, 2.24) is 15.2 Å². The highest BCUT2D eigenvalue weighted by atomic mass is 15.3. The van der Waals surface area contributed by atoms with Gasteiger partial charge in [0.15, 0.2) is 5.96 Å². The maximum Gasteiger partial charge on any atom is 0.194 e. The summed E-state index contributed by atoms with van der Waals surface area (Å²) < 4.78 is 0. The lowest BCUT2D eigenvalue weighted by Gasteiger charge is -2.15. The largest absolute Gasteiger partial charge is 0.359 e. The van der Waals surface area contributed by atoms with Gasteiger partial charge in [-0.2, -0.15) is 0 Å². The van der Waals surface area contributed by atoms with E-state index in [9.17, 15) is 0 Å². The number of fused-ring (bicyclic) bond motifs is 1. The zero-order chi connectivity index (χ0) is 12.5. The molecule has 1 aromatic carbocycles. The molecular weight excluding hydrogens is 224 g/mol. The number of aliphatic imine (C=N–C) groups is 1. The van der Waals surface area contributed by atoms with E-state index in [1.165, 1.54) is 22.2 Å². The first-order valence-electron chi connectivity index (χ1n) is 6.30. The van der Waals surface area contributed by atoms with Crippen molar-refractivity contribution in [2.75, 3.05) is 20.1 Å². The van der Waals surface area contributed by atoms with Crippen LogP contribution in [0.3, 0.4) is 0 Å². The van der Waals surface area contributed by atoms with E-state index in [2.05, 4.69) is 58.4 Å². The van der Waals surface area contributed by atoms with E-state index in [-0.39, 0.29) is 0 Å². The van der Waals surface area contributed by atoms with Gasteiger partial charge in [-0.15, -0.1) is 0 Å². The van der Waals surface area contributed by atoms with E-state index in [4.69, 9.17) is 0 Å². The van der Waals surface area contributed by atoms with Crippen LogP contribution in [0.2, 0.25) is 0 Å². The number of rotatable bonds is 2. The molecular formula is C14H18N4. The zero-order valence-corrected chi connectivity index (χ0v) is 10.8. The smallest absolute Gasteiger partial charge is 0.194 e. The van der Waals surface area contributed by atoms with Crippen molar-refractivity contribution in [3.63, 3.8) is 0 Å². The van der Waals surface area contributed by atoms with Crippen LogP contribution in [-0.2, 0) is 6.54 Å². The summed E-state index contributed by atoms with van der Waals surface area (Å²) in [7, 11) is 2.07. The predicted octanol–water partition coefficient (Wildman–Crippen LogP) is 1.87. The Morgan fingerprint density at radius 2 is 2.28 bits per heavy atom. The molecule has 0 aliphatic carbocycles. The van der Waals surface area contributed by atoms with Gasteiger partial charge in [0.1, 0.15) is 0 Å². The second-order valence-electron chi connectivity index (χ2n) is 4.85. The summed E-state index contributed by atoms with van der Waals surface area (Å²) in [6, 6.07) is 8.69. The molecule has 0 atom stereocenters. The van der Waals surface area contributed by atoms with Crippen LogP contribution >= 0.6 is 0 Å². The lowest BCUT2D eigenvalue weighted by Crippen LogP contribution is -2.35. The fourth-order valence-corrected chi connectivity index (χ4v) is 2.34. The second kappa shape index (κ2) is 4.37. The van der Waals surface area contributed by atoms with E-state index in [0.717, 1.165) is 25.6 Å². The van der Waals surface area contributed by atoms with E-state index in [1.807, 2.05) is 0 Å². The number of benzene rings is 1. The number of aromatic amines is 1. The first-order valence-corrected chi connectivity index (χ1v) is 6.30. The van der Waals surface area contributed by atoms with Crippen LogP contribution in [0, 0.1) is 6.92 Å². The highest BCUT2D eigenvalue weighted by Gasteiger charge is 2.11. The summed E-state index contributed by atoms with van der Waals surface area (Å²) in [5.74, 6) is 1.00. The maximum atomic E-state index is 4.42. The fourth-order valence-electron chi connectivity index (χ4n) is 2.34. The van der Waals surface area contributed by atoms with Gasteiger partial charge in [-0.3, -0.25) is 4.99 Å². The summed E-state index contributed by atoms with van der Waals surface area (Å²) in [4.78, 5) is 9.91. The molecule has 18 heavy (non-hydrogen) atoms. The Bertz CT molecular complexity index is 597. The number of hydrogen-bond acceptors (Lipinski definition) is 3. The molecule has 3 rings (SSSR count). The van der Waals surface area contributed by atoms with Gasteiger partial charge in [0.05, 0.1) is 6.54 Å². The molecule has 2 aromatic rings. The van der Waals surface area contributed by atoms with Crippen LogP contribution in [0.4, 0.5) is 0 Å². The van der Waals surface area contributed by atoms with Gasteiger partial charge < -0.3 is 15.2 Å². The number of H-pyrrole nitrogens is 1. The standard InChI is InChI=1S/C14H18N4/c1-10-7-12-8-11(3-4-13(12)17-10)9-16-14-15-5-6-18(14)2/h3-4,7-8,17H,5-6,9H2,1-2H3,(H,15,16). The topological polar surface area (TPSA) is 43.4 Å². The molecule has 1 aliphatic rings. The van der Waals surface area contributed by atoms with Crippen molar-refractivity contribution in [3.8, 4) is 0 Å². The highest BCUT2D eigenvalue weighted by Crippen LogP contribution is 2.16. The van der Waals surface area contributed by atoms with Gasteiger partial charge in [0.2, 0.25) is 0 Å². The normalized spacial score (nSPS) is 15.2. The number of nitrogens with zero attached hydrogens (tertiary/aromatic N) is 2. The molecule has 2 N–H and O–H groups in total. The van der Waals surface area contributed by atoms with Crippen LogP contribution in [0.25, 0.3) is 10.9 Å². The molecule has 0 amide bonds. The molecule has 0 radical (unpaired) electrons. The van der Waals surface area contributed by atoms with E-state index < -0.39 is 0 Å². The molecule has 1 aromatic heterocycles. The van der Waals surface area contributed by atoms with Crippen LogP contribution in [0.5, 0.6) is 0 Å². The van der Waals surface area contributed by atoms with Gasteiger partial charge in [-0.05, 0) is 36.1 Å². The third kappa shape index (κ3) is 2.06. The number of likely N-dealkylation sites (N-methyl/N-ethyl adjacent to an activating group) is 1. The monoisotopic (exact) mass is 242 g/mol. The van der Waals surface area contributed by atoms with Crippen molar-refractivity contribution in [3.05, 3.63) is 35.5 Å². The Hall–Kier alpha value is -1.97. The zero-order valence-electron chi connectivity index (χ0n) is 10.8. The van der Waals surface area contributed by atoms with Crippen LogP contribution in [-0.4, -0.2) is 36.0 Å². The van der Waals surface area contributed by atoms with E-state index >= 15 is 0 Å². The summed E-state index contributed by atoms with van der Waals surface area (Å²) in [5.41, 5.74) is 3.69. The molecule has 2 heterocycles. The maximum absolute atomic E-state index is 4.42. The Balaban J connectivity index is 1.74. The Kier molecular flexibility index (Phi) is 2.70. The summed E-state index contributed by atoms with van der Waals surface area (Å²) in [5, 5.41) is 4.66. The lowest BCUT2D eigenvalue weighted by atomic mass is 10.1. The predicted molar refractivity (Wildman–Crippen MR) is 74.8 cm³/mol. The first kappa shape index (κ1) is 11.1. The molecule has 0 fully saturated rings. The van der Waals surface area contributed by atoms with Crippen molar-refractivity contribution in [2.24, 2.45) is 4.99 Å². The molecule has 0 saturated carbocycles. The Labute approximate surface area is 107 Å². The van der Waals surface area contributed by atoms with Gasteiger partial charge in [-0.25, -0.2) is 0 Å². The summed E-state index contributed by atoms with van der Waals surface area (Å²) in [6.07, 6.45) is 0. The molecule has 0 spiro atoms. The molecule has 0 unspecified atom stereocenters. The summed E-state index contributed by atoms with van der Waals surface area (Å²) in [6.45, 7) is 4.82. The fraction of sp³-hybridized carbons (Fsp3) is 0.357. The van der Waals surface area contributed by atoms with E-state index in [0.29, 0.717) is 0 Å². The first-order chi connectivity index (χ1) is 8.72. The quantitative estimate of drug-likeness (QED) is 0.844. The van der Waals surface area contributed by atoms with Crippen molar-refractivity contribution in [2.45, 2.75) is 13.5 Å². The van der Waals surface area contributed by atoms with Crippen LogP contribution in [0.1, 0.15) is 11.3 Å². The third-order valence-corrected chi connectivity index (χ3v) is 3.33. The van der Waals surface area contributed by atoms with Crippen molar-refractivity contribution in [1.29, 1.82) is 0 Å². The molecule has 1 aliphatic heterocycles. The molecule has 0 saturated heterocycles. The van der Waals surface area contributed by atoms with Gasteiger partial charge >= 0.3 is 0 Å². The number of aromatic nitrogens is 1. The van der Waals surface area contributed by atoms with Crippen molar-refractivity contribution < 1.29 is 0 Å². The van der Waals surface area contributed by atoms with Gasteiger partial charge in [0, 0.05) is 31.3 Å². The van der Waals surface area contributed by atoms with E-state index in [1.54, 1.807) is 0 Å². The third-order valence-electron chi connectivity index (χ3n) is 3.33. The minimum Gasteiger partial charge on any atom is -0.359 e. The minimum atomic E-state index is 0.823. The van der Waals surface area contributed by atoms with Crippen LogP contribution in [0.15, 0.2) is 29.3 Å². The molecule has 4 nitrogen and oxygen atoms in total. The Morgan fingerprint density at radius 1 is 1.39 bits per heavy atom. The van der Waals surface area contributed by atoms with Crippen molar-refractivity contribution >= 4 is 16.9 Å². The Morgan fingerprint density at radius 3 is 3.06 bits per heavy atom. The highest BCUT2D eigenvalue weighted by molar-refractivity contribution is 5.82. The molecule has 4 heteroatoms. The number of aryl methyl sites for hydroxylation is 1.